The van der Waals surface area contributed by atoms with Gasteiger partial charge in [0.2, 0.25) is 5.91 Å². The minimum Gasteiger partial charge on any atom is -0.396 e. The Morgan fingerprint density at radius 2 is 1.41 bits per heavy atom. The fourth-order valence-electron chi connectivity index (χ4n) is 6.92. The van der Waals surface area contributed by atoms with Crippen LogP contribution in [-0.2, 0) is 14.3 Å². The molecule has 256 valence electrons. The van der Waals surface area contributed by atoms with Gasteiger partial charge in [0.1, 0.15) is 6.54 Å². The molecule has 1 heterocycles. The fraction of sp³-hybridized carbons (Fsp3) is 0.632. The summed E-state index contributed by atoms with van der Waals surface area (Å²) in [7, 11) is 0. The maximum absolute atomic E-state index is 13.5. The van der Waals surface area contributed by atoms with E-state index in [0.29, 0.717) is 24.2 Å². The van der Waals surface area contributed by atoms with Crippen molar-refractivity contribution in [1.29, 1.82) is 0 Å². The average molecular weight is 638 g/mol. The summed E-state index contributed by atoms with van der Waals surface area (Å²) < 4.78 is 6.46. The predicted octanol–water partition coefficient (Wildman–Crippen LogP) is 6.54. The molecule has 1 aliphatic heterocycles. The van der Waals surface area contributed by atoms with Crippen LogP contribution in [0.2, 0.25) is 0 Å². The van der Waals surface area contributed by atoms with Gasteiger partial charge >= 0.3 is 0 Å². The Hall–Kier alpha value is -2.78. The molecule has 0 aromatic heterocycles. The maximum atomic E-state index is 13.5. The zero-order valence-electron chi connectivity index (χ0n) is 29.3. The Balaban J connectivity index is 1.56. The van der Waals surface area contributed by atoms with Crippen molar-refractivity contribution in [3.8, 4) is 0 Å². The quantitative estimate of drug-likeness (QED) is 0.113. The summed E-state index contributed by atoms with van der Waals surface area (Å²) in [6.07, 6.45) is 9.03. The summed E-state index contributed by atoms with van der Waals surface area (Å²) in [5.74, 6) is 0.156. The highest BCUT2D eigenvalue weighted by molar-refractivity contribution is 5.96. The molecular weight excluding hydrogens is 576 g/mol. The van der Waals surface area contributed by atoms with Crippen molar-refractivity contribution in [1.82, 2.24) is 4.90 Å². The second kappa shape index (κ2) is 19.8. The summed E-state index contributed by atoms with van der Waals surface area (Å²) >= 11 is 0. The molecule has 46 heavy (non-hydrogen) atoms. The minimum atomic E-state index is -0.0717. The van der Waals surface area contributed by atoms with Crippen LogP contribution >= 0.6 is 0 Å². The summed E-state index contributed by atoms with van der Waals surface area (Å²) in [5.41, 5.74) is 6.20. The topological polar surface area (TPSA) is 90.9 Å². The van der Waals surface area contributed by atoms with Crippen LogP contribution in [0.5, 0.6) is 0 Å². The van der Waals surface area contributed by atoms with E-state index >= 15 is 0 Å². The van der Waals surface area contributed by atoms with Gasteiger partial charge < -0.3 is 25.0 Å². The number of aliphatic hydroxyl groups excluding tert-OH is 1. The highest BCUT2D eigenvalue weighted by Gasteiger charge is 2.31. The summed E-state index contributed by atoms with van der Waals surface area (Å²) in [6, 6.07) is 12.1. The van der Waals surface area contributed by atoms with E-state index < -0.39 is 0 Å². The molecule has 0 bridgehead atoms. The molecule has 2 atom stereocenters. The first-order valence-corrected chi connectivity index (χ1v) is 17.7. The van der Waals surface area contributed by atoms with E-state index in [1.807, 2.05) is 45.0 Å². The third-order valence-electron chi connectivity index (χ3n) is 9.65. The number of hydrogen-bond donors (Lipinski definition) is 3. The Kier molecular flexibility index (Phi) is 16.2. The van der Waals surface area contributed by atoms with Crippen LogP contribution < -0.4 is 10.6 Å². The van der Waals surface area contributed by atoms with Gasteiger partial charge in [-0.1, -0.05) is 49.2 Å². The van der Waals surface area contributed by atoms with Crippen molar-refractivity contribution in [3.63, 3.8) is 0 Å². The second-order valence-corrected chi connectivity index (χ2v) is 13.3. The molecule has 0 aliphatic carbocycles. The van der Waals surface area contributed by atoms with Gasteiger partial charge in [-0.05, 0) is 115 Å². The fourth-order valence-corrected chi connectivity index (χ4v) is 6.92. The van der Waals surface area contributed by atoms with E-state index in [1.165, 1.54) is 0 Å². The van der Waals surface area contributed by atoms with Crippen molar-refractivity contribution < 1.29 is 23.9 Å². The van der Waals surface area contributed by atoms with Crippen LogP contribution in [0.3, 0.4) is 0 Å². The van der Waals surface area contributed by atoms with E-state index in [-0.39, 0.29) is 24.5 Å². The number of anilines is 2. The van der Waals surface area contributed by atoms with Crippen LogP contribution in [0.1, 0.15) is 87.0 Å². The minimum absolute atomic E-state index is 0.0354. The molecule has 0 radical (unpaired) electrons. The number of quaternary nitrogens is 1. The molecular formula is C38H61N4O4+. The summed E-state index contributed by atoms with van der Waals surface area (Å²) in [6.45, 7) is 16.5. The van der Waals surface area contributed by atoms with Crippen molar-refractivity contribution in [3.05, 3.63) is 58.7 Å². The number of amides is 2. The third kappa shape index (κ3) is 11.8. The molecule has 3 rings (SSSR count). The lowest BCUT2D eigenvalue weighted by molar-refractivity contribution is -0.921. The highest BCUT2D eigenvalue weighted by atomic mass is 16.5. The molecule has 2 aromatic rings. The van der Waals surface area contributed by atoms with Crippen molar-refractivity contribution in [2.75, 3.05) is 69.7 Å². The highest BCUT2D eigenvalue weighted by Crippen LogP contribution is 2.24. The lowest BCUT2D eigenvalue weighted by Crippen LogP contribution is -2.55. The molecule has 3 N–H and O–H groups in total. The predicted molar refractivity (Wildman–Crippen MR) is 189 cm³/mol. The van der Waals surface area contributed by atoms with E-state index in [9.17, 15) is 14.7 Å². The van der Waals surface area contributed by atoms with Crippen LogP contribution in [0.25, 0.3) is 0 Å². The molecule has 8 heteroatoms. The number of ether oxygens (including phenoxy) is 1. The third-order valence-corrected chi connectivity index (χ3v) is 9.65. The number of likely N-dealkylation sites (tertiary alicyclic amines) is 1. The second-order valence-electron chi connectivity index (χ2n) is 13.3. The largest absolute Gasteiger partial charge is 0.396 e. The number of rotatable bonds is 20. The first kappa shape index (κ1) is 37.7. The molecule has 0 saturated carbocycles. The van der Waals surface area contributed by atoms with Gasteiger partial charge in [0.15, 0.2) is 6.54 Å². The Morgan fingerprint density at radius 1 is 0.826 bits per heavy atom. The number of hydrogen-bond acceptors (Lipinski definition) is 5. The monoisotopic (exact) mass is 637 g/mol. The number of aliphatic hydroxyl groups is 1. The maximum Gasteiger partial charge on any atom is 0.279 e. The first-order chi connectivity index (χ1) is 22.2. The van der Waals surface area contributed by atoms with Gasteiger partial charge in [-0.25, -0.2) is 0 Å². The molecule has 1 fully saturated rings. The lowest BCUT2D eigenvalue weighted by atomic mass is 10.00. The van der Waals surface area contributed by atoms with Crippen LogP contribution in [0, 0.1) is 27.7 Å². The lowest BCUT2D eigenvalue weighted by Gasteiger charge is -2.38. The van der Waals surface area contributed by atoms with E-state index in [2.05, 4.69) is 41.5 Å². The number of benzene rings is 2. The Bertz CT molecular complexity index is 1180. The number of para-hydroxylation sites is 2. The number of piperidine rings is 1. The van der Waals surface area contributed by atoms with Gasteiger partial charge in [-0.2, -0.15) is 0 Å². The number of unbranched alkanes of at least 4 members (excludes halogenated alkanes) is 4. The van der Waals surface area contributed by atoms with Crippen LogP contribution in [0.4, 0.5) is 11.4 Å². The molecule has 1 saturated heterocycles. The van der Waals surface area contributed by atoms with E-state index in [1.54, 1.807) is 0 Å². The van der Waals surface area contributed by atoms with Crippen LogP contribution in [0.15, 0.2) is 36.4 Å². The number of nitrogens with one attached hydrogen (secondary N) is 2. The van der Waals surface area contributed by atoms with Crippen molar-refractivity contribution in [2.45, 2.75) is 98.4 Å². The number of aryl methyl sites for hydroxylation is 4. The zero-order valence-corrected chi connectivity index (χ0v) is 29.3. The van der Waals surface area contributed by atoms with Gasteiger partial charge in [-0.3, -0.25) is 14.5 Å². The van der Waals surface area contributed by atoms with Gasteiger partial charge in [0, 0.05) is 24.6 Å². The molecule has 2 aromatic carbocycles. The normalized spacial score (nSPS) is 16.6. The smallest absolute Gasteiger partial charge is 0.279 e. The van der Waals surface area contributed by atoms with Crippen LogP contribution in [-0.4, -0.2) is 91.4 Å². The van der Waals surface area contributed by atoms with Gasteiger partial charge in [0.05, 0.1) is 25.7 Å². The molecule has 2 amide bonds. The average Bonchev–Trinajstić information content (AvgIpc) is 3.03. The SMILES string of the molecule is CCOCC[N+](CCCCO)(CCCCCCN1CCCCC1C(=O)Nc1c(C)cccc1C)CC(=O)Nc1c(C)cccc1C. The summed E-state index contributed by atoms with van der Waals surface area (Å²) in [5, 5.41) is 16.0. The van der Waals surface area contributed by atoms with Gasteiger partial charge in [-0.15, -0.1) is 0 Å². The first-order valence-electron chi connectivity index (χ1n) is 17.7. The molecule has 1 aliphatic rings. The standard InChI is InChI=1S/C38H60N4O4/c1-6-46-28-26-42(25-13-14-27-43,29-35(44)39-36-30(2)17-15-18-31(36)3)24-12-8-7-10-22-41-23-11-9-21-34(41)38(45)40-37-32(4)19-16-20-33(37)5/h15-20,34,43H,6-14,21-29H2,1-5H3,(H-,39,40,44,45)/p+1. The Labute approximate surface area is 278 Å². The zero-order chi connectivity index (χ0) is 33.4. The Morgan fingerprint density at radius 3 is 2.02 bits per heavy atom. The number of carbonyl (C=O) groups excluding carboxylic acids is 2. The summed E-state index contributed by atoms with van der Waals surface area (Å²) in [4.78, 5) is 29.3. The van der Waals surface area contributed by atoms with E-state index in [0.717, 1.165) is 124 Å². The van der Waals surface area contributed by atoms with Crippen molar-refractivity contribution in [2.24, 2.45) is 0 Å². The molecule has 2 unspecified atom stereocenters. The van der Waals surface area contributed by atoms with Crippen molar-refractivity contribution >= 4 is 23.2 Å². The molecule has 8 nitrogen and oxygen atoms in total. The van der Waals surface area contributed by atoms with E-state index in [4.69, 9.17) is 4.74 Å². The number of nitrogens with zero attached hydrogens (tertiary/aromatic N) is 2. The van der Waals surface area contributed by atoms with Gasteiger partial charge in [0.25, 0.3) is 5.91 Å². The molecule has 0 spiro atoms. The number of carbonyl (C=O) groups is 2.